The molecule has 0 radical (unpaired) electrons. The van der Waals surface area contributed by atoms with Crippen LogP contribution in [-0.4, -0.2) is 44.8 Å². The molecule has 4 rings (SSSR count). The molecule has 2 aromatic rings. The maximum atomic E-state index is 13.5. The molecule has 1 unspecified atom stereocenters. The molecule has 2 aliphatic rings. The van der Waals surface area contributed by atoms with E-state index in [2.05, 4.69) is 15.2 Å². The van der Waals surface area contributed by atoms with E-state index in [9.17, 15) is 18.0 Å². The van der Waals surface area contributed by atoms with E-state index in [0.717, 1.165) is 24.2 Å². The average molecular weight is 377 g/mol. The first kappa shape index (κ1) is 17.7. The van der Waals surface area contributed by atoms with Crippen LogP contribution in [0, 0.1) is 5.41 Å². The Kier molecular flexibility index (Phi) is 4.05. The lowest BCUT2D eigenvalue weighted by atomic mass is 9.67. The average Bonchev–Trinajstić information content (AvgIpc) is 3.03. The van der Waals surface area contributed by atoms with Crippen LogP contribution in [0.1, 0.15) is 36.0 Å². The van der Waals surface area contributed by atoms with Crippen molar-refractivity contribution in [1.29, 1.82) is 0 Å². The zero-order valence-corrected chi connectivity index (χ0v) is 14.4. The third-order valence-electron chi connectivity index (χ3n) is 5.54. The summed E-state index contributed by atoms with van der Waals surface area (Å²) in [7, 11) is 0. The number of nitrogens with two attached hydrogens (primary N) is 1. The summed E-state index contributed by atoms with van der Waals surface area (Å²) in [6.45, 7) is 0.155. The number of hydrogen-bond acceptors (Lipinski definition) is 5. The summed E-state index contributed by atoms with van der Waals surface area (Å²) in [6.07, 6.45) is -0.641. The SMILES string of the molecule is Nc1nncc(-c2cccc(C(=O)N3CC4(CCC4)CC3C(F)(F)F)c2)n1. The molecule has 1 aliphatic heterocycles. The fraction of sp³-hybridized carbons (Fsp3) is 0.444. The zero-order chi connectivity index (χ0) is 19.2. The monoisotopic (exact) mass is 377 g/mol. The molecule has 27 heavy (non-hydrogen) atoms. The Hall–Kier alpha value is -2.71. The minimum Gasteiger partial charge on any atom is -0.366 e. The highest BCUT2D eigenvalue weighted by Gasteiger charge is 2.57. The van der Waals surface area contributed by atoms with Gasteiger partial charge in [0.15, 0.2) is 0 Å². The predicted molar refractivity (Wildman–Crippen MR) is 91.5 cm³/mol. The standard InChI is InChI=1S/C18H18F3N5O/c19-18(20,21)14-8-17(5-2-6-17)10-26(14)15(27)12-4-1-3-11(7-12)13-9-23-25-16(22)24-13/h1,3-4,7,9,14H,2,5-6,8,10H2,(H2,22,24,25). The van der Waals surface area contributed by atoms with Crippen LogP contribution in [0.2, 0.25) is 0 Å². The predicted octanol–water partition coefficient (Wildman–Crippen LogP) is 3.07. The molecule has 1 saturated heterocycles. The molecular formula is C18H18F3N5O. The number of likely N-dealkylation sites (tertiary alicyclic amines) is 1. The van der Waals surface area contributed by atoms with Crippen molar-refractivity contribution in [2.75, 3.05) is 12.3 Å². The first-order valence-electron chi connectivity index (χ1n) is 8.71. The number of anilines is 1. The van der Waals surface area contributed by atoms with Gasteiger partial charge in [-0.1, -0.05) is 18.6 Å². The number of alkyl halides is 3. The van der Waals surface area contributed by atoms with Crippen molar-refractivity contribution in [2.45, 2.75) is 37.9 Å². The highest BCUT2D eigenvalue weighted by atomic mass is 19.4. The van der Waals surface area contributed by atoms with E-state index in [1.807, 2.05) is 0 Å². The molecule has 1 aromatic carbocycles. The van der Waals surface area contributed by atoms with Crippen LogP contribution < -0.4 is 5.73 Å². The van der Waals surface area contributed by atoms with Crippen LogP contribution in [0.5, 0.6) is 0 Å². The van der Waals surface area contributed by atoms with E-state index in [1.165, 1.54) is 18.3 Å². The van der Waals surface area contributed by atoms with Crippen molar-refractivity contribution in [3.63, 3.8) is 0 Å². The molecule has 1 saturated carbocycles. The highest BCUT2D eigenvalue weighted by molar-refractivity contribution is 5.96. The van der Waals surface area contributed by atoms with Gasteiger partial charge in [-0.2, -0.15) is 18.3 Å². The van der Waals surface area contributed by atoms with Gasteiger partial charge in [0.1, 0.15) is 6.04 Å². The first-order valence-corrected chi connectivity index (χ1v) is 8.71. The van der Waals surface area contributed by atoms with E-state index in [0.29, 0.717) is 11.3 Å². The molecule has 0 bridgehead atoms. The van der Waals surface area contributed by atoms with E-state index in [-0.39, 0.29) is 29.9 Å². The van der Waals surface area contributed by atoms with E-state index < -0.39 is 18.1 Å². The van der Waals surface area contributed by atoms with Crippen LogP contribution in [0.4, 0.5) is 19.1 Å². The largest absolute Gasteiger partial charge is 0.408 e. The lowest BCUT2D eigenvalue weighted by Gasteiger charge is -2.37. The smallest absolute Gasteiger partial charge is 0.366 e. The third kappa shape index (κ3) is 3.22. The number of halogens is 3. The molecule has 2 heterocycles. The molecule has 9 heteroatoms. The molecule has 1 aliphatic carbocycles. The Labute approximate surface area is 153 Å². The molecule has 2 N–H and O–H groups in total. The summed E-state index contributed by atoms with van der Waals surface area (Å²) in [5.74, 6) is -0.634. The van der Waals surface area contributed by atoms with Gasteiger partial charge in [-0.3, -0.25) is 4.79 Å². The lowest BCUT2D eigenvalue weighted by molar-refractivity contribution is -0.170. The van der Waals surface area contributed by atoms with Crippen LogP contribution in [-0.2, 0) is 0 Å². The fourth-order valence-corrected chi connectivity index (χ4v) is 4.04. The van der Waals surface area contributed by atoms with Gasteiger partial charge in [0.25, 0.3) is 5.91 Å². The number of benzene rings is 1. The molecule has 6 nitrogen and oxygen atoms in total. The van der Waals surface area contributed by atoms with Gasteiger partial charge in [0, 0.05) is 17.7 Å². The van der Waals surface area contributed by atoms with Gasteiger partial charge in [-0.25, -0.2) is 4.98 Å². The maximum Gasteiger partial charge on any atom is 0.408 e. The number of nitrogen functional groups attached to an aromatic ring is 1. The number of amides is 1. The van der Waals surface area contributed by atoms with E-state index >= 15 is 0 Å². The molecule has 1 atom stereocenters. The Balaban J connectivity index is 1.65. The Bertz CT molecular complexity index is 881. The van der Waals surface area contributed by atoms with Crippen LogP contribution in [0.15, 0.2) is 30.5 Å². The maximum absolute atomic E-state index is 13.5. The minimum atomic E-state index is -4.43. The first-order chi connectivity index (χ1) is 12.8. The van der Waals surface area contributed by atoms with Gasteiger partial charge < -0.3 is 10.6 Å². The quantitative estimate of drug-likeness (QED) is 0.869. The van der Waals surface area contributed by atoms with Gasteiger partial charge in [0.2, 0.25) is 5.95 Å². The number of rotatable bonds is 2. The van der Waals surface area contributed by atoms with Gasteiger partial charge in [-0.15, -0.1) is 5.10 Å². The van der Waals surface area contributed by atoms with Crippen molar-refractivity contribution in [3.05, 3.63) is 36.0 Å². The molecule has 1 aromatic heterocycles. The summed E-state index contributed by atoms with van der Waals surface area (Å²) >= 11 is 0. The van der Waals surface area contributed by atoms with E-state index in [4.69, 9.17) is 5.73 Å². The molecule has 1 spiro atoms. The van der Waals surface area contributed by atoms with Crippen molar-refractivity contribution < 1.29 is 18.0 Å². The van der Waals surface area contributed by atoms with Gasteiger partial charge in [0.05, 0.1) is 11.9 Å². The normalized spacial score (nSPS) is 21.3. The third-order valence-corrected chi connectivity index (χ3v) is 5.54. The summed E-state index contributed by atoms with van der Waals surface area (Å²) in [5.41, 5.74) is 6.29. The van der Waals surface area contributed by atoms with Crippen molar-refractivity contribution in [1.82, 2.24) is 20.1 Å². The van der Waals surface area contributed by atoms with Crippen LogP contribution >= 0.6 is 0 Å². The van der Waals surface area contributed by atoms with Gasteiger partial charge in [-0.05, 0) is 36.8 Å². The second kappa shape index (κ2) is 6.17. The lowest BCUT2D eigenvalue weighted by Crippen LogP contribution is -2.44. The molecular weight excluding hydrogens is 359 g/mol. The topological polar surface area (TPSA) is 85.0 Å². The van der Waals surface area contributed by atoms with Gasteiger partial charge >= 0.3 is 6.18 Å². The second-order valence-corrected chi connectivity index (χ2v) is 7.33. The summed E-state index contributed by atoms with van der Waals surface area (Å²) in [6, 6.07) is 4.61. The Morgan fingerprint density at radius 3 is 2.70 bits per heavy atom. The highest BCUT2D eigenvalue weighted by Crippen LogP contribution is 2.53. The van der Waals surface area contributed by atoms with Crippen molar-refractivity contribution >= 4 is 11.9 Å². The van der Waals surface area contributed by atoms with Crippen molar-refractivity contribution in [2.24, 2.45) is 5.41 Å². The number of aromatic nitrogens is 3. The Morgan fingerprint density at radius 1 is 1.30 bits per heavy atom. The number of nitrogens with zero attached hydrogens (tertiary/aromatic N) is 4. The molecule has 1 amide bonds. The van der Waals surface area contributed by atoms with Crippen LogP contribution in [0.25, 0.3) is 11.3 Å². The van der Waals surface area contributed by atoms with Crippen LogP contribution in [0.3, 0.4) is 0 Å². The molecule has 2 fully saturated rings. The number of carbonyl (C=O) groups is 1. The Morgan fingerprint density at radius 2 is 2.07 bits per heavy atom. The number of carbonyl (C=O) groups excluding carboxylic acids is 1. The van der Waals surface area contributed by atoms with Crippen molar-refractivity contribution in [3.8, 4) is 11.3 Å². The summed E-state index contributed by atoms with van der Waals surface area (Å²) in [5, 5.41) is 7.28. The minimum absolute atomic E-state index is 0.00566. The zero-order valence-electron chi connectivity index (χ0n) is 14.4. The summed E-state index contributed by atoms with van der Waals surface area (Å²) < 4.78 is 40.6. The molecule has 142 valence electrons. The number of hydrogen-bond donors (Lipinski definition) is 1. The second-order valence-electron chi connectivity index (χ2n) is 7.33. The summed E-state index contributed by atoms with van der Waals surface area (Å²) in [4.78, 5) is 18.0. The van der Waals surface area contributed by atoms with E-state index in [1.54, 1.807) is 12.1 Å². The fourth-order valence-electron chi connectivity index (χ4n) is 4.04.